The minimum Gasteiger partial charge on any atom is -0.377 e. The van der Waals surface area contributed by atoms with E-state index in [1.807, 2.05) is 6.20 Å². The Bertz CT molecular complexity index is 580. The molecule has 0 radical (unpaired) electrons. The van der Waals surface area contributed by atoms with Crippen LogP contribution in [0.4, 0.5) is 5.69 Å². The molecule has 1 unspecified atom stereocenters. The van der Waals surface area contributed by atoms with Crippen molar-refractivity contribution in [3.05, 3.63) is 57.8 Å². The second-order valence-electron chi connectivity index (χ2n) is 4.77. The van der Waals surface area contributed by atoms with Gasteiger partial charge in [-0.05, 0) is 58.5 Å². The number of pyridine rings is 1. The van der Waals surface area contributed by atoms with Gasteiger partial charge in [-0.2, -0.15) is 0 Å². The lowest BCUT2D eigenvalue weighted by Crippen LogP contribution is -2.07. The first-order valence-corrected chi connectivity index (χ1v) is 7.00. The SMILES string of the molecule is Cc1cc(NC2CCc3ccccc32)cnc1Br. The van der Waals surface area contributed by atoms with Crippen molar-refractivity contribution in [3.8, 4) is 0 Å². The van der Waals surface area contributed by atoms with E-state index < -0.39 is 0 Å². The van der Waals surface area contributed by atoms with Crippen LogP contribution in [0.5, 0.6) is 0 Å². The highest BCUT2D eigenvalue weighted by Crippen LogP contribution is 2.33. The van der Waals surface area contributed by atoms with Gasteiger partial charge < -0.3 is 5.32 Å². The van der Waals surface area contributed by atoms with Crippen LogP contribution in [0.2, 0.25) is 0 Å². The minimum absolute atomic E-state index is 0.420. The molecule has 0 saturated carbocycles. The molecule has 1 atom stereocenters. The van der Waals surface area contributed by atoms with Crippen LogP contribution >= 0.6 is 15.9 Å². The molecule has 0 amide bonds. The van der Waals surface area contributed by atoms with Crippen molar-refractivity contribution < 1.29 is 0 Å². The Labute approximate surface area is 116 Å². The third-order valence-electron chi connectivity index (χ3n) is 3.49. The van der Waals surface area contributed by atoms with Crippen LogP contribution in [0.3, 0.4) is 0 Å². The highest BCUT2D eigenvalue weighted by molar-refractivity contribution is 9.10. The Kier molecular flexibility index (Phi) is 3.08. The van der Waals surface area contributed by atoms with Gasteiger partial charge in [0.2, 0.25) is 0 Å². The number of aromatic nitrogens is 1. The van der Waals surface area contributed by atoms with Gasteiger partial charge >= 0.3 is 0 Å². The molecule has 1 aliphatic rings. The van der Waals surface area contributed by atoms with Crippen LogP contribution in [0.1, 0.15) is 29.2 Å². The maximum atomic E-state index is 4.33. The number of hydrogen-bond acceptors (Lipinski definition) is 2. The van der Waals surface area contributed by atoms with Crippen LogP contribution in [0, 0.1) is 6.92 Å². The maximum absolute atomic E-state index is 4.33. The summed E-state index contributed by atoms with van der Waals surface area (Å²) in [5, 5.41) is 3.58. The van der Waals surface area contributed by atoms with E-state index in [1.165, 1.54) is 11.1 Å². The van der Waals surface area contributed by atoms with Crippen LogP contribution in [0.25, 0.3) is 0 Å². The number of aryl methyl sites for hydroxylation is 2. The molecule has 0 fully saturated rings. The summed E-state index contributed by atoms with van der Waals surface area (Å²) in [4.78, 5) is 4.33. The molecule has 0 bridgehead atoms. The Morgan fingerprint density at radius 1 is 1.33 bits per heavy atom. The zero-order valence-electron chi connectivity index (χ0n) is 10.3. The number of benzene rings is 1. The summed E-state index contributed by atoms with van der Waals surface area (Å²) >= 11 is 3.43. The summed E-state index contributed by atoms with van der Waals surface area (Å²) < 4.78 is 0.917. The molecule has 2 nitrogen and oxygen atoms in total. The van der Waals surface area contributed by atoms with Gasteiger partial charge in [0.1, 0.15) is 4.60 Å². The summed E-state index contributed by atoms with van der Waals surface area (Å²) in [6.07, 6.45) is 4.21. The lowest BCUT2D eigenvalue weighted by molar-refractivity contribution is 0.761. The molecule has 18 heavy (non-hydrogen) atoms. The molecule has 1 heterocycles. The predicted molar refractivity (Wildman–Crippen MR) is 77.8 cm³/mol. The number of rotatable bonds is 2. The quantitative estimate of drug-likeness (QED) is 0.839. The van der Waals surface area contributed by atoms with Crippen molar-refractivity contribution in [2.45, 2.75) is 25.8 Å². The molecular weight excluding hydrogens is 288 g/mol. The number of fused-ring (bicyclic) bond motifs is 1. The smallest absolute Gasteiger partial charge is 0.109 e. The zero-order valence-corrected chi connectivity index (χ0v) is 11.9. The van der Waals surface area contributed by atoms with E-state index in [9.17, 15) is 0 Å². The van der Waals surface area contributed by atoms with E-state index in [0.29, 0.717) is 6.04 Å². The average Bonchev–Trinajstić information content (AvgIpc) is 2.78. The van der Waals surface area contributed by atoms with Gasteiger partial charge in [-0.15, -0.1) is 0 Å². The van der Waals surface area contributed by atoms with Crippen molar-refractivity contribution in [3.63, 3.8) is 0 Å². The van der Waals surface area contributed by atoms with Crippen LogP contribution < -0.4 is 5.32 Å². The van der Waals surface area contributed by atoms with Crippen molar-refractivity contribution in [1.29, 1.82) is 0 Å². The average molecular weight is 303 g/mol. The van der Waals surface area contributed by atoms with Gasteiger partial charge in [0.15, 0.2) is 0 Å². The summed E-state index contributed by atoms with van der Waals surface area (Å²) in [5.74, 6) is 0. The third kappa shape index (κ3) is 2.15. The molecule has 0 spiro atoms. The summed E-state index contributed by atoms with van der Waals surface area (Å²) in [7, 11) is 0. The summed E-state index contributed by atoms with van der Waals surface area (Å²) in [6, 6.07) is 11.2. The van der Waals surface area contributed by atoms with Crippen molar-refractivity contribution in [1.82, 2.24) is 4.98 Å². The molecule has 2 aromatic rings. The molecule has 3 rings (SSSR count). The molecule has 3 heteroatoms. The molecule has 0 aliphatic heterocycles. The van der Waals surface area contributed by atoms with Gasteiger partial charge in [0.25, 0.3) is 0 Å². The third-order valence-corrected chi connectivity index (χ3v) is 4.32. The fraction of sp³-hybridized carbons (Fsp3) is 0.267. The van der Waals surface area contributed by atoms with E-state index in [4.69, 9.17) is 0 Å². The first kappa shape index (κ1) is 11.7. The minimum atomic E-state index is 0.420. The molecule has 1 aromatic heterocycles. The number of hydrogen-bond donors (Lipinski definition) is 1. The lowest BCUT2D eigenvalue weighted by Gasteiger charge is -2.15. The van der Waals surface area contributed by atoms with Crippen LogP contribution in [0.15, 0.2) is 41.1 Å². The van der Waals surface area contributed by atoms with Crippen molar-refractivity contribution in [2.75, 3.05) is 5.32 Å². The Balaban J connectivity index is 1.84. The van der Waals surface area contributed by atoms with Crippen LogP contribution in [-0.2, 0) is 6.42 Å². The number of nitrogens with one attached hydrogen (secondary N) is 1. The first-order chi connectivity index (χ1) is 8.74. The van der Waals surface area contributed by atoms with E-state index in [-0.39, 0.29) is 0 Å². The van der Waals surface area contributed by atoms with Gasteiger partial charge in [0.05, 0.1) is 17.9 Å². The Morgan fingerprint density at radius 3 is 3.00 bits per heavy atom. The highest BCUT2D eigenvalue weighted by Gasteiger charge is 2.21. The van der Waals surface area contributed by atoms with Gasteiger partial charge in [-0.1, -0.05) is 24.3 Å². The highest BCUT2D eigenvalue weighted by atomic mass is 79.9. The predicted octanol–water partition coefficient (Wildman–Crippen LogP) is 4.25. The van der Waals surface area contributed by atoms with Gasteiger partial charge in [-0.3, -0.25) is 0 Å². The molecule has 0 saturated heterocycles. The standard InChI is InChI=1S/C15H15BrN2/c1-10-8-12(9-17-15(10)16)18-14-7-6-11-4-2-3-5-13(11)14/h2-5,8-9,14,18H,6-7H2,1H3. The summed E-state index contributed by atoms with van der Waals surface area (Å²) in [5.41, 5.74) is 5.15. The molecule has 1 N–H and O–H groups in total. The van der Waals surface area contributed by atoms with Crippen LogP contribution in [-0.4, -0.2) is 4.98 Å². The fourth-order valence-corrected chi connectivity index (χ4v) is 2.76. The van der Waals surface area contributed by atoms with Crippen molar-refractivity contribution >= 4 is 21.6 Å². The zero-order chi connectivity index (χ0) is 12.5. The molecule has 92 valence electrons. The molecular formula is C15H15BrN2. The first-order valence-electron chi connectivity index (χ1n) is 6.20. The number of anilines is 1. The van der Waals surface area contributed by atoms with Gasteiger partial charge in [-0.25, -0.2) is 4.98 Å². The monoisotopic (exact) mass is 302 g/mol. The maximum Gasteiger partial charge on any atom is 0.109 e. The van der Waals surface area contributed by atoms with E-state index in [1.54, 1.807) is 0 Å². The second-order valence-corrected chi connectivity index (χ2v) is 5.52. The van der Waals surface area contributed by atoms with E-state index in [0.717, 1.165) is 28.7 Å². The largest absolute Gasteiger partial charge is 0.377 e. The van der Waals surface area contributed by atoms with E-state index in [2.05, 4.69) is 63.5 Å². The Hall–Kier alpha value is -1.35. The Morgan fingerprint density at radius 2 is 2.17 bits per heavy atom. The number of nitrogens with zero attached hydrogens (tertiary/aromatic N) is 1. The van der Waals surface area contributed by atoms with Crippen molar-refractivity contribution in [2.24, 2.45) is 0 Å². The summed E-state index contributed by atoms with van der Waals surface area (Å²) in [6.45, 7) is 2.06. The van der Waals surface area contributed by atoms with Gasteiger partial charge in [0, 0.05) is 0 Å². The normalized spacial score (nSPS) is 17.6. The molecule has 1 aliphatic carbocycles. The lowest BCUT2D eigenvalue weighted by atomic mass is 10.1. The fourth-order valence-electron chi connectivity index (χ4n) is 2.55. The second kappa shape index (κ2) is 4.73. The number of halogens is 1. The topological polar surface area (TPSA) is 24.9 Å². The molecule has 1 aromatic carbocycles. The van der Waals surface area contributed by atoms with E-state index >= 15 is 0 Å².